The number of thiophene rings is 1. The van der Waals surface area contributed by atoms with Crippen molar-refractivity contribution in [3.05, 3.63) is 50.6 Å². The number of halogens is 1. The SMILES string of the molecule is O=C(O)CCc1ccc(NC(=O)c2ccc(Br)s2)cc1. The third kappa shape index (κ3) is 4.18. The van der Waals surface area contributed by atoms with Crippen molar-refractivity contribution in [2.45, 2.75) is 12.8 Å². The molecule has 0 radical (unpaired) electrons. The van der Waals surface area contributed by atoms with Gasteiger partial charge in [0.25, 0.3) is 5.91 Å². The highest BCUT2D eigenvalue weighted by Crippen LogP contribution is 2.23. The fraction of sp³-hybridized carbons (Fsp3) is 0.143. The molecular weight excluding hydrogens is 342 g/mol. The number of anilines is 1. The molecule has 0 saturated heterocycles. The second kappa shape index (κ2) is 6.67. The molecule has 0 aliphatic rings. The summed E-state index contributed by atoms with van der Waals surface area (Å²) >= 11 is 4.68. The molecule has 0 fully saturated rings. The largest absolute Gasteiger partial charge is 0.481 e. The molecule has 104 valence electrons. The number of carbonyl (C=O) groups is 2. The number of aliphatic carboxylic acids is 1. The van der Waals surface area contributed by atoms with Crippen LogP contribution in [0.5, 0.6) is 0 Å². The number of nitrogens with one attached hydrogen (secondary N) is 1. The van der Waals surface area contributed by atoms with E-state index < -0.39 is 5.97 Å². The van der Waals surface area contributed by atoms with Gasteiger partial charge >= 0.3 is 5.97 Å². The molecule has 0 atom stereocenters. The molecule has 0 aliphatic carbocycles. The molecule has 20 heavy (non-hydrogen) atoms. The lowest BCUT2D eigenvalue weighted by Crippen LogP contribution is -2.09. The first-order valence-corrected chi connectivity index (χ1v) is 7.53. The van der Waals surface area contributed by atoms with E-state index in [1.165, 1.54) is 11.3 Å². The number of rotatable bonds is 5. The zero-order valence-corrected chi connectivity index (χ0v) is 12.8. The van der Waals surface area contributed by atoms with E-state index in [1.54, 1.807) is 18.2 Å². The minimum atomic E-state index is -0.814. The maximum absolute atomic E-state index is 11.9. The maximum Gasteiger partial charge on any atom is 0.303 e. The van der Waals surface area contributed by atoms with Crippen LogP contribution in [-0.4, -0.2) is 17.0 Å². The van der Waals surface area contributed by atoms with Crippen LogP contribution in [0, 0.1) is 0 Å². The number of aryl methyl sites for hydroxylation is 1. The molecule has 1 amide bonds. The first kappa shape index (κ1) is 14.7. The van der Waals surface area contributed by atoms with Gasteiger partial charge in [-0.2, -0.15) is 0 Å². The summed E-state index contributed by atoms with van der Waals surface area (Å²) in [6.45, 7) is 0. The minimum absolute atomic E-state index is 0.106. The first-order valence-electron chi connectivity index (χ1n) is 5.92. The van der Waals surface area contributed by atoms with E-state index in [4.69, 9.17) is 5.11 Å². The lowest BCUT2D eigenvalue weighted by Gasteiger charge is -2.05. The number of carboxylic acids is 1. The van der Waals surface area contributed by atoms with Crippen molar-refractivity contribution in [3.8, 4) is 0 Å². The van der Waals surface area contributed by atoms with Gasteiger partial charge in [0, 0.05) is 12.1 Å². The number of carboxylic acid groups (broad SMARTS) is 1. The molecule has 0 unspecified atom stereocenters. The topological polar surface area (TPSA) is 66.4 Å². The van der Waals surface area contributed by atoms with Crippen LogP contribution in [0.4, 0.5) is 5.69 Å². The minimum Gasteiger partial charge on any atom is -0.481 e. The molecule has 1 heterocycles. The molecule has 1 aromatic carbocycles. The maximum atomic E-state index is 11.9. The summed E-state index contributed by atoms with van der Waals surface area (Å²) in [7, 11) is 0. The summed E-state index contributed by atoms with van der Waals surface area (Å²) < 4.78 is 0.909. The molecule has 6 heteroatoms. The van der Waals surface area contributed by atoms with Crippen LogP contribution in [-0.2, 0) is 11.2 Å². The van der Waals surface area contributed by atoms with Crippen molar-refractivity contribution < 1.29 is 14.7 Å². The van der Waals surface area contributed by atoms with Crippen molar-refractivity contribution >= 4 is 44.8 Å². The second-order valence-electron chi connectivity index (χ2n) is 4.15. The van der Waals surface area contributed by atoms with E-state index in [9.17, 15) is 9.59 Å². The van der Waals surface area contributed by atoms with Gasteiger partial charge in [-0.3, -0.25) is 9.59 Å². The Hall–Kier alpha value is -1.66. The van der Waals surface area contributed by atoms with Crippen LogP contribution in [0.3, 0.4) is 0 Å². The van der Waals surface area contributed by atoms with Crippen LogP contribution in [0.1, 0.15) is 21.7 Å². The predicted octanol–water partition coefficient (Wildman–Crippen LogP) is 3.78. The zero-order valence-electron chi connectivity index (χ0n) is 10.4. The quantitative estimate of drug-likeness (QED) is 0.859. The van der Waals surface area contributed by atoms with Crippen LogP contribution < -0.4 is 5.32 Å². The van der Waals surface area contributed by atoms with Crippen LogP contribution in [0.25, 0.3) is 0 Å². The molecular formula is C14H12BrNO3S. The molecule has 1 aromatic heterocycles. The highest BCUT2D eigenvalue weighted by atomic mass is 79.9. The van der Waals surface area contributed by atoms with E-state index in [1.807, 2.05) is 18.2 Å². The van der Waals surface area contributed by atoms with Gasteiger partial charge < -0.3 is 10.4 Å². The van der Waals surface area contributed by atoms with E-state index in [0.717, 1.165) is 9.35 Å². The van der Waals surface area contributed by atoms with E-state index in [2.05, 4.69) is 21.2 Å². The third-order valence-electron chi connectivity index (χ3n) is 2.64. The molecule has 0 bridgehead atoms. The number of hydrogen-bond acceptors (Lipinski definition) is 3. The average Bonchev–Trinajstić information content (AvgIpc) is 2.85. The summed E-state index contributed by atoms with van der Waals surface area (Å²) in [5.74, 6) is -0.968. The molecule has 2 N–H and O–H groups in total. The highest BCUT2D eigenvalue weighted by molar-refractivity contribution is 9.11. The Labute approximate surface area is 128 Å². The highest BCUT2D eigenvalue weighted by Gasteiger charge is 2.08. The predicted molar refractivity (Wildman–Crippen MR) is 82.4 cm³/mol. The van der Waals surface area contributed by atoms with Crippen molar-refractivity contribution in [2.24, 2.45) is 0 Å². The van der Waals surface area contributed by atoms with Gasteiger partial charge in [-0.05, 0) is 52.2 Å². The van der Waals surface area contributed by atoms with Crippen molar-refractivity contribution in [1.82, 2.24) is 0 Å². The molecule has 4 nitrogen and oxygen atoms in total. The fourth-order valence-electron chi connectivity index (χ4n) is 1.64. The Balaban J connectivity index is 1.96. The Morgan fingerprint density at radius 1 is 1.15 bits per heavy atom. The van der Waals surface area contributed by atoms with E-state index in [-0.39, 0.29) is 12.3 Å². The van der Waals surface area contributed by atoms with Gasteiger partial charge in [0.1, 0.15) is 0 Å². The second-order valence-corrected chi connectivity index (χ2v) is 6.61. The third-order valence-corrected chi connectivity index (χ3v) is 4.26. The van der Waals surface area contributed by atoms with Crippen LogP contribution in [0.2, 0.25) is 0 Å². The van der Waals surface area contributed by atoms with Gasteiger partial charge in [-0.25, -0.2) is 0 Å². The monoisotopic (exact) mass is 353 g/mol. The average molecular weight is 354 g/mol. The van der Waals surface area contributed by atoms with Gasteiger partial charge in [-0.1, -0.05) is 12.1 Å². The fourth-order valence-corrected chi connectivity index (χ4v) is 2.92. The molecule has 2 rings (SSSR count). The summed E-state index contributed by atoms with van der Waals surface area (Å²) in [5.41, 5.74) is 1.63. The number of hydrogen-bond donors (Lipinski definition) is 2. The summed E-state index contributed by atoms with van der Waals surface area (Å²) in [6, 6.07) is 10.8. The molecule has 0 saturated carbocycles. The standard InChI is InChI=1S/C14H12BrNO3S/c15-12-7-6-11(20-12)14(19)16-10-4-1-9(2-5-10)3-8-13(17)18/h1-2,4-7H,3,8H2,(H,16,19)(H,17,18). The van der Waals surface area contributed by atoms with Gasteiger partial charge in [-0.15, -0.1) is 11.3 Å². The lowest BCUT2D eigenvalue weighted by atomic mass is 10.1. The number of benzene rings is 1. The smallest absolute Gasteiger partial charge is 0.303 e. The Bertz CT molecular complexity index is 622. The van der Waals surface area contributed by atoms with Crippen LogP contribution in [0.15, 0.2) is 40.2 Å². The van der Waals surface area contributed by atoms with E-state index in [0.29, 0.717) is 17.0 Å². The number of carbonyl (C=O) groups excluding carboxylic acids is 1. The molecule has 0 aliphatic heterocycles. The Morgan fingerprint density at radius 2 is 1.85 bits per heavy atom. The van der Waals surface area contributed by atoms with Gasteiger partial charge in [0.2, 0.25) is 0 Å². The van der Waals surface area contributed by atoms with E-state index >= 15 is 0 Å². The van der Waals surface area contributed by atoms with Crippen molar-refractivity contribution in [2.75, 3.05) is 5.32 Å². The van der Waals surface area contributed by atoms with Crippen molar-refractivity contribution in [3.63, 3.8) is 0 Å². The normalized spacial score (nSPS) is 10.2. The summed E-state index contributed by atoms with van der Waals surface area (Å²) in [6.07, 6.45) is 0.594. The summed E-state index contributed by atoms with van der Waals surface area (Å²) in [5, 5.41) is 11.4. The zero-order chi connectivity index (χ0) is 14.5. The summed E-state index contributed by atoms with van der Waals surface area (Å²) in [4.78, 5) is 23.0. The van der Waals surface area contributed by atoms with Gasteiger partial charge in [0.05, 0.1) is 8.66 Å². The molecule has 2 aromatic rings. The molecule has 0 spiro atoms. The van der Waals surface area contributed by atoms with Crippen LogP contribution >= 0.6 is 27.3 Å². The van der Waals surface area contributed by atoms with Crippen molar-refractivity contribution in [1.29, 1.82) is 0 Å². The van der Waals surface area contributed by atoms with Gasteiger partial charge in [0.15, 0.2) is 0 Å². The Kier molecular flexibility index (Phi) is 4.92. The first-order chi connectivity index (χ1) is 9.54. The lowest BCUT2D eigenvalue weighted by molar-refractivity contribution is -0.136. The number of amides is 1. The Morgan fingerprint density at radius 3 is 2.40 bits per heavy atom.